The van der Waals surface area contributed by atoms with Crippen LogP contribution in [0, 0.1) is 0 Å². The summed E-state index contributed by atoms with van der Waals surface area (Å²) in [4.78, 5) is 15.0. The minimum atomic E-state index is -3.72. The number of carbonyl (C=O) groups excluding carboxylic acids is 1. The molecule has 8 heteroatoms. The minimum absolute atomic E-state index is 0.0205. The third-order valence-corrected chi connectivity index (χ3v) is 6.91. The number of rotatable bonds is 6. The molecule has 6 nitrogen and oxygen atoms in total. The largest absolute Gasteiger partial charge is 0.348 e. The van der Waals surface area contributed by atoms with Crippen LogP contribution >= 0.6 is 11.6 Å². The Kier molecular flexibility index (Phi) is 5.94. The average molecular weight is 444 g/mol. The van der Waals surface area contributed by atoms with Gasteiger partial charge in [0.15, 0.2) is 0 Å². The lowest BCUT2D eigenvalue weighted by Crippen LogP contribution is -2.43. The number of hydrogen-bond acceptors (Lipinski definition) is 3. The van der Waals surface area contributed by atoms with Crippen molar-refractivity contribution in [3.05, 3.63) is 89.2 Å². The van der Waals surface area contributed by atoms with Crippen LogP contribution in [-0.2, 0) is 21.4 Å². The molecule has 1 N–H and O–H groups in total. The summed E-state index contributed by atoms with van der Waals surface area (Å²) in [6, 6.07) is 19.8. The van der Waals surface area contributed by atoms with Crippen molar-refractivity contribution < 1.29 is 13.2 Å². The van der Waals surface area contributed by atoms with E-state index in [9.17, 15) is 13.2 Å². The summed E-state index contributed by atoms with van der Waals surface area (Å²) >= 11 is 5.89. The number of carbonyl (C=O) groups is 1. The lowest BCUT2D eigenvalue weighted by atomic mass is 9.99. The molecule has 0 fully saturated rings. The highest BCUT2D eigenvalue weighted by atomic mass is 35.5. The molecule has 156 valence electrons. The van der Waals surface area contributed by atoms with Crippen molar-refractivity contribution in [3.63, 3.8) is 0 Å². The van der Waals surface area contributed by atoms with Crippen LogP contribution in [0.4, 0.5) is 0 Å². The van der Waals surface area contributed by atoms with E-state index in [2.05, 4.69) is 9.29 Å². The van der Waals surface area contributed by atoms with Crippen LogP contribution in [0.3, 0.4) is 0 Å². The molecule has 0 saturated carbocycles. The number of aromatic nitrogens is 1. The van der Waals surface area contributed by atoms with Crippen molar-refractivity contribution in [3.8, 4) is 0 Å². The van der Waals surface area contributed by atoms with Gasteiger partial charge in [-0.1, -0.05) is 48.0 Å². The summed E-state index contributed by atoms with van der Waals surface area (Å²) in [6.07, 6.45) is 2.09. The maximum atomic E-state index is 13.1. The number of hydrogen-bond donors (Lipinski definition) is 1. The van der Waals surface area contributed by atoms with E-state index in [1.807, 2.05) is 53.6 Å². The molecule has 4 rings (SSSR count). The fourth-order valence-corrected chi connectivity index (χ4v) is 5.12. The predicted molar refractivity (Wildman–Crippen MR) is 116 cm³/mol. The standard InChI is InChI=1S/C22H22ClN3O3S/c23-18-8-4-9-19(16-18)30(28,29)24-12-11-21(27)26-15-14-25-13-5-10-20(25)22(26)17-6-2-1-3-7-17/h1-10,13,16,22,24H,11-12,14-15H2. The molecule has 2 aromatic carbocycles. The van der Waals surface area contributed by atoms with Crippen molar-refractivity contribution in [2.45, 2.75) is 23.9 Å². The zero-order valence-corrected chi connectivity index (χ0v) is 17.8. The summed E-state index contributed by atoms with van der Waals surface area (Å²) in [6.45, 7) is 1.31. The van der Waals surface area contributed by atoms with E-state index in [-0.39, 0.29) is 29.8 Å². The second-order valence-corrected chi connectivity index (χ2v) is 9.34. The topological polar surface area (TPSA) is 71.4 Å². The molecule has 0 spiro atoms. The molecule has 1 aliphatic rings. The Balaban J connectivity index is 1.47. The minimum Gasteiger partial charge on any atom is -0.348 e. The third-order valence-electron chi connectivity index (χ3n) is 5.21. The highest BCUT2D eigenvalue weighted by molar-refractivity contribution is 7.89. The third kappa shape index (κ3) is 4.28. The summed E-state index contributed by atoms with van der Waals surface area (Å²) < 4.78 is 29.6. The number of benzene rings is 2. The van der Waals surface area contributed by atoms with Gasteiger partial charge in [0.1, 0.15) is 0 Å². The SMILES string of the molecule is O=C(CCNS(=O)(=O)c1cccc(Cl)c1)N1CCn2cccc2C1c1ccccc1. The molecule has 1 aromatic heterocycles. The van der Waals surface area contributed by atoms with Gasteiger partial charge in [-0.3, -0.25) is 4.79 Å². The first-order valence-corrected chi connectivity index (χ1v) is 11.6. The number of nitrogens with zero attached hydrogens (tertiary/aromatic N) is 2. The van der Waals surface area contributed by atoms with E-state index in [4.69, 9.17) is 11.6 Å². The lowest BCUT2D eigenvalue weighted by Gasteiger charge is -2.37. The summed E-state index contributed by atoms with van der Waals surface area (Å²) in [5.41, 5.74) is 2.09. The summed E-state index contributed by atoms with van der Waals surface area (Å²) in [7, 11) is -3.72. The Bertz CT molecular complexity index is 1150. The maximum absolute atomic E-state index is 13.1. The monoisotopic (exact) mass is 443 g/mol. The van der Waals surface area contributed by atoms with E-state index >= 15 is 0 Å². The molecule has 0 saturated heterocycles. The van der Waals surface area contributed by atoms with E-state index < -0.39 is 10.0 Å². The molecule has 2 heterocycles. The van der Waals surface area contributed by atoms with Gasteiger partial charge in [0.25, 0.3) is 0 Å². The fraction of sp³-hybridized carbons (Fsp3) is 0.227. The molecule has 0 bridgehead atoms. The zero-order chi connectivity index (χ0) is 21.1. The summed E-state index contributed by atoms with van der Waals surface area (Å²) in [5, 5.41) is 0.343. The molecule has 1 aliphatic heterocycles. The van der Waals surface area contributed by atoms with Crippen LogP contribution < -0.4 is 4.72 Å². The van der Waals surface area contributed by atoms with Gasteiger partial charge in [-0.05, 0) is 35.9 Å². The summed E-state index contributed by atoms with van der Waals surface area (Å²) in [5.74, 6) is -0.0925. The van der Waals surface area contributed by atoms with Crippen LogP contribution in [0.25, 0.3) is 0 Å². The highest BCUT2D eigenvalue weighted by Gasteiger charge is 2.31. The first-order valence-electron chi connectivity index (χ1n) is 9.70. The van der Waals surface area contributed by atoms with Crippen LogP contribution in [0.2, 0.25) is 5.02 Å². The normalized spacial score (nSPS) is 16.3. The van der Waals surface area contributed by atoms with Crippen molar-refractivity contribution in [2.75, 3.05) is 13.1 Å². The van der Waals surface area contributed by atoms with Crippen LogP contribution in [0.5, 0.6) is 0 Å². The van der Waals surface area contributed by atoms with E-state index in [0.29, 0.717) is 18.1 Å². The van der Waals surface area contributed by atoms with Crippen molar-refractivity contribution in [1.82, 2.24) is 14.2 Å². The van der Waals surface area contributed by atoms with E-state index in [1.54, 1.807) is 12.1 Å². The number of fused-ring (bicyclic) bond motifs is 1. The van der Waals surface area contributed by atoms with Gasteiger partial charge in [0.2, 0.25) is 15.9 Å². The number of sulfonamides is 1. The zero-order valence-electron chi connectivity index (χ0n) is 16.2. The van der Waals surface area contributed by atoms with Crippen LogP contribution in [0.1, 0.15) is 23.7 Å². The van der Waals surface area contributed by atoms with E-state index in [1.165, 1.54) is 12.1 Å². The Morgan fingerprint density at radius 2 is 1.83 bits per heavy atom. The Morgan fingerprint density at radius 3 is 2.60 bits per heavy atom. The van der Waals surface area contributed by atoms with Crippen LogP contribution in [-0.4, -0.2) is 36.9 Å². The van der Waals surface area contributed by atoms with Crippen molar-refractivity contribution in [1.29, 1.82) is 0 Å². The van der Waals surface area contributed by atoms with Gasteiger partial charge in [-0.15, -0.1) is 0 Å². The first kappa shape index (κ1) is 20.7. The highest BCUT2D eigenvalue weighted by Crippen LogP contribution is 2.32. The average Bonchev–Trinajstić information content (AvgIpc) is 3.22. The molecule has 1 atom stereocenters. The predicted octanol–water partition coefficient (Wildman–Crippen LogP) is 3.44. The molecule has 0 radical (unpaired) electrons. The molecule has 1 amide bonds. The number of amides is 1. The van der Waals surface area contributed by atoms with Gasteiger partial charge < -0.3 is 9.47 Å². The van der Waals surface area contributed by atoms with Gasteiger partial charge in [0.05, 0.1) is 10.9 Å². The molecule has 30 heavy (non-hydrogen) atoms. The molecule has 0 aliphatic carbocycles. The Labute approximate surface area is 181 Å². The van der Waals surface area contributed by atoms with Crippen LogP contribution in [0.15, 0.2) is 77.8 Å². The number of nitrogens with one attached hydrogen (secondary N) is 1. The number of halogens is 1. The molecular formula is C22H22ClN3O3S. The van der Waals surface area contributed by atoms with Gasteiger partial charge in [-0.2, -0.15) is 0 Å². The molecule has 3 aromatic rings. The van der Waals surface area contributed by atoms with E-state index in [0.717, 1.165) is 11.3 Å². The maximum Gasteiger partial charge on any atom is 0.240 e. The second-order valence-electron chi connectivity index (χ2n) is 7.13. The molecule has 1 unspecified atom stereocenters. The van der Waals surface area contributed by atoms with Crippen molar-refractivity contribution >= 4 is 27.5 Å². The quantitative estimate of drug-likeness (QED) is 0.634. The van der Waals surface area contributed by atoms with Gasteiger partial charge >= 0.3 is 0 Å². The smallest absolute Gasteiger partial charge is 0.240 e. The first-order chi connectivity index (χ1) is 14.5. The Morgan fingerprint density at radius 1 is 1.03 bits per heavy atom. The van der Waals surface area contributed by atoms with Gasteiger partial charge in [0, 0.05) is 43.0 Å². The second kappa shape index (κ2) is 8.63. The fourth-order valence-electron chi connectivity index (χ4n) is 3.79. The molecular weight excluding hydrogens is 422 g/mol. The van der Waals surface area contributed by atoms with Crippen molar-refractivity contribution in [2.24, 2.45) is 0 Å². The lowest BCUT2D eigenvalue weighted by molar-refractivity contribution is -0.133. The Hall–Kier alpha value is -2.61. The van der Waals surface area contributed by atoms with Gasteiger partial charge in [-0.25, -0.2) is 13.1 Å².